The van der Waals surface area contributed by atoms with Crippen LogP contribution in [0, 0.1) is 20.8 Å². The fraction of sp³-hybridized carbons (Fsp3) is 0.312. The van der Waals surface area contributed by atoms with E-state index in [2.05, 4.69) is 25.9 Å². The number of rotatable bonds is 12. The van der Waals surface area contributed by atoms with Crippen LogP contribution in [0.25, 0.3) is 0 Å². The molecule has 11 rings (SSSR count). The van der Waals surface area contributed by atoms with Gasteiger partial charge in [-0.3, -0.25) is 9.59 Å². The van der Waals surface area contributed by atoms with Crippen molar-refractivity contribution >= 4 is 64.2 Å². The zero-order valence-electron chi connectivity index (χ0n) is 50.3. The van der Waals surface area contributed by atoms with Crippen molar-refractivity contribution in [2.45, 2.75) is 104 Å². The number of hydrogen-bond donors (Lipinski definition) is 4. The Morgan fingerprint density at radius 3 is 1.01 bits per heavy atom. The summed E-state index contributed by atoms with van der Waals surface area (Å²) < 4.78 is 126. The predicted molar refractivity (Wildman–Crippen MR) is 320 cm³/mol. The Morgan fingerprint density at radius 2 is 0.728 bits per heavy atom. The number of anilines is 6. The van der Waals surface area contributed by atoms with E-state index in [0.29, 0.717) is 108 Å². The molecule has 5 aromatic carbocycles. The molecule has 0 saturated carbocycles. The Balaban J connectivity index is 0.000000167. The number of amides is 2. The summed E-state index contributed by atoms with van der Waals surface area (Å²) in [4.78, 5) is 66.2. The Labute approximate surface area is 520 Å². The van der Waals surface area contributed by atoms with Gasteiger partial charge in [0.25, 0.3) is 11.8 Å². The maximum Gasteiger partial charge on any atom is 0.416 e. The predicted octanol–water partition coefficient (Wildman–Crippen LogP) is 13.4. The molecule has 28 heteroatoms. The van der Waals surface area contributed by atoms with Crippen LogP contribution in [-0.4, -0.2) is 96.0 Å². The summed E-state index contributed by atoms with van der Waals surface area (Å²) in [6, 6.07) is 26.6. The molecule has 0 spiro atoms. The van der Waals surface area contributed by atoms with E-state index in [1.165, 1.54) is 55.6 Å². The second-order valence-electron chi connectivity index (χ2n) is 21.9. The minimum atomic E-state index is -4.43. The quantitative estimate of drug-likeness (QED) is 0.0660. The van der Waals surface area contributed by atoms with Crippen LogP contribution in [-0.2, 0) is 42.9 Å². The van der Waals surface area contributed by atoms with Crippen molar-refractivity contribution in [1.82, 2.24) is 40.0 Å². The molecule has 3 aromatic heterocycles. The number of nitrogens with one attached hydrogen (secondary N) is 2. The van der Waals surface area contributed by atoms with Gasteiger partial charge < -0.3 is 40.3 Å². The molecule has 3 aliphatic heterocycles. The number of aromatic nitrogens is 6. The van der Waals surface area contributed by atoms with E-state index in [1.807, 2.05) is 16.7 Å². The number of aryl methyl sites for hydroxylation is 6. The molecule has 92 heavy (non-hydrogen) atoms. The lowest BCUT2D eigenvalue weighted by atomic mass is 10.1. The summed E-state index contributed by atoms with van der Waals surface area (Å²) >= 11 is 0. The summed E-state index contributed by atoms with van der Waals surface area (Å²) in [7, 11) is 1.31. The van der Waals surface area contributed by atoms with Gasteiger partial charge in [0.2, 0.25) is 0 Å². The molecule has 3 aliphatic rings. The van der Waals surface area contributed by atoms with E-state index in [0.717, 1.165) is 66.8 Å². The SMILES string of the molecule is COC(=O)c1ccc([C@H](C)NC(=O)c2c(C)nn3c2N(c2ccc(C(F)(F)F)cc2)CCC3)cc1.Cc1nn2c(c1C(=O)N[C@@H](C)c1ccc(C(=O)O)cc1)N(c1ccc(C(F)(F)F)cc1)CCC2.Cc1nn2c(c1C(=O)O)N(c1ccc(C(F)(F)F)cc1)CCC2. The largest absolute Gasteiger partial charge is 0.478 e. The molecule has 0 fully saturated rings. The molecule has 0 unspecified atom stereocenters. The molecule has 484 valence electrons. The van der Waals surface area contributed by atoms with Gasteiger partial charge in [-0.1, -0.05) is 24.3 Å². The number of carbonyl (C=O) groups excluding carboxylic acids is 3. The third-order valence-electron chi connectivity index (χ3n) is 15.7. The van der Waals surface area contributed by atoms with Crippen molar-refractivity contribution in [1.29, 1.82) is 0 Å². The number of esters is 1. The monoisotopic (exact) mass is 1280 g/mol. The van der Waals surface area contributed by atoms with Crippen molar-refractivity contribution in [2.24, 2.45) is 0 Å². The maximum atomic E-state index is 13.4. The molecule has 4 N–H and O–H groups in total. The van der Waals surface area contributed by atoms with E-state index in [-0.39, 0.29) is 29.0 Å². The number of nitrogens with zero attached hydrogens (tertiary/aromatic N) is 9. The lowest BCUT2D eigenvalue weighted by molar-refractivity contribution is -0.138. The number of alkyl halides is 9. The third kappa shape index (κ3) is 14.4. The normalized spacial score (nSPS) is 14.4. The minimum absolute atomic E-state index is 0.0876. The van der Waals surface area contributed by atoms with Crippen molar-refractivity contribution in [3.05, 3.63) is 194 Å². The van der Waals surface area contributed by atoms with Crippen LogP contribution in [0.5, 0.6) is 0 Å². The molecule has 19 nitrogen and oxygen atoms in total. The molecule has 0 aliphatic carbocycles. The van der Waals surface area contributed by atoms with Gasteiger partial charge in [-0.25, -0.2) is 28.4 Å². The smallest absolute Gasteiger partial charge is 0.416 e. The number of ether oxygens (including phenoxy) is 1. The highest BCUT2D eigenvalue weighted by Crippen LogP contribution is 2.40. The summed E-state index contributed by atoms with van der Waals surface area (Å²) in [5, 5.41) is 37.6. The zero-order chi connectivity index (χ0) is 66.7. The molecule has 0 saturated heterocycles. The summed E-state index contributed by atoms with van der Waals surface area (Å²) in [5.74, 6) is -1.77. The average Bonchev–Trinajstić information content (AvgIpc) is 1.60. The Bertz CT molecular complexity index is 4010. The zero-order valence-corrected chi connectivity index (χ0v) is 50.3. The number of aromatic carboxylic acids is 2. The van der Waals surface area contributed by atoms with Crippen molar-refractivity contribution in [2.75, 3.05) is 41.4 Å². The number of methoxy groups -OCH3 is 1. The van der Waals surface area contributed by atoms with Crippen molar-refractivity contribution in [3.8, 4) is 0 Å². The maximum absolute atomic E-state index is 13.4. The van der Waals surface area contributed by atoms with Crippen LogP contribution in [0.1, 0.15) is 142 Å². The van der Waals surface area contributed by atoms with E-state index in [1.54, 1.807) is 83.0 Å². The number of fused-ring (bicyclic) bond motifs is 3. The second-order valence-corrected chi connectivity index (χ2v) is 21.9. The molecular weight excluding hydrogens is 1220 g/mol. The Kier molecular flexibility index (Phi) is 19.3. The van der Waals surface area contributed by atoms with Crippen molar-refractivity contribution < 1.29 is 78.4 Å². The fourth-order valence-electron chi connectivity index (χ4n) is 11.1. The fourth-order valence-corrected chi connectivity index (χ4v) is 11.1. The lowest BCUT2D eigenvalue weighted by Crippen LogP contribution is -2.32. The number of halogens is 9. The first-order valence-corrected chi connectivity index (χ1v) is 28.9. The van der Waals surface area contributed by atoms with Crippen LogP contribution in [0.15, 0.2) is 121 Å². The highest BCUT2D eigenvalue weighted by Gasteiger charge is 2.37. The number of carboxylic acid groups (broad SMARTS) is 2. The second kappa shape index (κ2) is 26.7. The van der Waals surface area contributed by atoms with E-state index >= 15 is 0 Å². The van der Waals surface area contributed by atoms with Gasteiger partial charge in [-0.15, -0.1) is 0 Å². The van der Waals surface area contributed by atoms with E-state index in [4.69, 9.17) is 9.84 Å². The van der Waals surface area contributed by atoms with Gasteiger partial charge in [0.05, 0.1) is 64.1 Å². The molecule has 2 atom stereocenters. The lowest BCUT2D eigenvalue weighted by Gasteiger charge is -2.31. The van der Waals surface area contributed by atoms with Gasteiger partial charge in [0.1, 0.15) is 34.1 Å². The van der Waals surface area contributed by atoms with E-state index < -0.39 is 59.2 Å². The topological polar surface area (TPSA) is 222 Å². The van der Waals surface area contributed by atoms with E-state index in [9.17, 15) is 68.6 Å². The van der Waals surface area contributed by atoms with Crippen molar-refractivity contribution in [3.63, 3.8) is 0 Å². The number of hydrogen-bond acceptors (Lipinski definition) is 12. The van der Waals surface area contributed by atoms with Gasteiger partial charge in [-0.2, -0.15) is 54.8 Å². The van der Waals surface area contributed by atoms with Crippen LogP contribution in [0.3, 0.4) is 0 Å². The molecule has 0 radical (unpaired) electrons. The first-order valence-electron chi connectivity index (χ1n) is 28.9. The highest BCUT2D eigenvalue weighted by molar-refractivity contribution is 6.02. The molecule has 2 amide bonds. The van der Waals surface area contributed by atoms with Crippen LogP contribution in [0.4, 0.5) is 74.0 Å². The number of benzene rings is 5. The Morgan fingerprint density at radius 1 is 0.435 bits per heavy atom. The average molecular weight is 1280 g/mol. The molecule has 6 heterocycles. The van der Waals surface area contributed by atoms with Crippen LogP contribution < -0.4 is 25.3 Å². The summed E-state index contributed by atoms with van der Waals surface area (Å²) in [6.45, 7) is 12.0. The van der Waals surface area contributed by atoms with Gasteiger partial charge >= 0.3 is 36.4 Å². The van der Waals surface area contributed by atoms with Gasteiger partial charge in [0.15, 0.2) is 0 Å². The highest BCUT2D eigenvalue weighted by atomic mass is 19.4. The first kappa shape index (κ1) is 66.3. The molecular formula is C64H62F9N11O8. The van der Waals surface area contributed by atoms with Crippen LogP contribution >= 0.6 is 0 Å². The Hall–Kier alpha value is -10.2. The number of carboxylic acids is 2. The first-order chi connectivity index (χ1) is 43.4. The standard InChI is InChI=1S/C25H25F3N4O3.C24H23F3N4O3.C15H14F3N3O2/c1-15(17-5-7-18(8-6-17)24(34)35-3)29-22(33)21-16(2)30-32-14-4-13-31(23(21)32)20-11-9-19(10-12-20)25(26,27)28;1-14(16-4-6-17(7-5-16)23(33)34)28-21(32)20-15(2)29-31-13-3-12-30(22(20)31)19-10-8-18(9-11-19)24(25,26)27;1-9-12(14(22)23)13-20(7-2-8-21(13)19-9)11-5-3-10(4-6-11)15(16,17)18/h5-12,15H,4,13-14H2,1-3H3,(H,29,33);4-11,14H,3,12-13H2,1-2H3,(H,28,32)(H,33,34);3-6H,2,7-8H2,1H3,(H,22,23)/t15-;14-;/m00./s1. The summed E-state index contributed by atoms with van der Waals surface area (Å²) in [5.41, 5.74) is 3.76. The van der Waals surface area contributed by atoms with Gasteiger partial charge in [0, 0.05) is 56.3 Å². The minimum Gasteiger partial charge on any atom is -0.478 e. The molecule has 8 aromatic rings. The van der Waals surface area contributed by atoms with Gasteiger partial charge in [-0.05, 0) is 162 Å². The molecule has 0 bridgehead atoms. The van der Waals surface area contributed by atoms with Crippen LogP contribution in [0.2, 0.25) is 0 Å². The summed E-state index contributed by atoms with van der Waals surface area (Å²) in [6.07, 6.45) is -11.1. The third-order valence-corrected chi connectivity index (χ3v) is 15.7. The number of carbonyl (C=O) groups is 5.